The average molecular weight is 232 g/mol. The highest BCUT2D eigenvalue weighted by atomic mass is 35.5. The quantitative estimate of drug-likeness (QED) is 0.785. The van der Waals surface area contributed by atoms with E-state index in [0.717, 1.165) is 0 Å². The number of aromatic hydroxyl groups is 1. The van der Waals surface area contributed by atoms with E-state index in [1.807, 2.05) is 0 Å². The van der Waals surface area contributed by atoms with Crippen LogP contribution in [0.15, 0.2) is 24.8 Å². The van der Waals surface area contributed by atoms with Gasteiger partial charge in [-0.05, 0) is 12.5 Å². The molecule has 0 saturated carbocycles. The maximum atomic E-state index is 9.64. The summed E-state index contributed by atoms with van der Waals surface area (Å²) in [5.74, 6) is -0.0477. The van der Waals surface area contributed by atoms with Crippen molar-refractivity contribution < 1.29 is 5.11 Å². The summed E-state index contributed by atoms with van der Waals surface area (Å²) in [7, 11) is 0. The largest absolute Gasteiger partial charge is 0.506 e. The third-order valence-electron chi connectivity index (χ3n) is 1.92. The molecule has 0 radical (unpaired) electrons. The van der Waals surface area contributed by atoms with E-state index in [-0.39, 0.29) is 16.8 Å². The minimum Gasteiger partial charge on any atom is -0.506 e. The summed E-state index contributed by atoms with van der Waals surface area (Å²) in [6.45, 7) is 3.58. The van der Waals surface area contributed by atoms with Crippen molar-refractivity contribution in [3.05, 3.63) is 40.4 Å². The highest BCUT2D eigenvalue weighted by molar-refractivity contribution is 6.43. The van der Waals surface area contributed by atoms with E-state index < -0.39 is 0 Å². The Morgan fingerprint density at radius 3 is 2.71 bits per heavy atom. The lowest BCUT2D eigenvalue weighted by Gasteiger charge is -2.12. The highest BCUT2D eigenvalue weighted by Crippen LogP contribution is 2.36. The van der Waals surface area contributed by atoms with Crippen molar-refractivity contribution in [2.45, 2.75) is 12.5 Å². The van der Waals surface area contributed by atoms with Gasteiger partial charge >= 0.3 is 0 Å². The summed E-state index contributed by atoms with van der Waals surface area (Å²) in [5, 5.41) is 10.1. The molecule has 76 valence electrons. The molecule has 3 N–H and O–H groups in total. The van der Waals surface area contributed by atoms with E-state index >= 15 is 0 Å². The predicted molar refractivity (Wildman–Crippen MR) is 59.9 cm³/mol. The van der Waals surface area contributed by atoms with Gasteiger partial charge in [-0.2, -0.15) is 0 Å². The van der Waals surface area contributed by atoms with E-state index in [2.05, 4.69) is 6.58 Å². The van der Waals surface area contributed by atoms with E-state index in [4.69, 9.17) is 28.9 Å². The Labute approximate surface area is 92.9 Å². The molecule has 4 heteroatoms. The molecule has 0 heterocycles. The molecule has 0 aliphatic heterocycles. The zero-order valence-electron chi connectivity index (χ0n) is 7.50. The number of rotatable bonds is 3. The number of hydrogen-bond acceptors (Lipinski definition) is 2. The van der Waals surface area contributed by atoms with Crippen molar-refractivity contribution in [3.8, 4) is 5.75 Å². The molecule has 0 unspecified atom stereocenters. The molecule has 0 bridgehead atoms. The van der Waals surface area contributed by atoms with Gasteiger partial charge in [-0.3, -0.25) is 0 Å². The smallest absolute Gasteiger partial charge is 0.140 e. The topological polar surface area (TPSA) is 46.2 Å². The van der Waals surface area contributed by atoms with Crippen molar-refractivity contribution in [1.29, 1.82) is 0 Å². The van der Waals surface area contributed by atoms with Crippen LogP contribution in [0.4, 0.5) is 0 Å². The third-order valence-corrected chi connectivity index (χ3v) is 2.71. The first kappa shape index (κ1) is 11.4. The first-order valence-electron chi connectivity index (χ1n) is 4.11. The van der Waals surface area contributed by atoms with Gasteiger partial charge in [0.05, 0.1) is 5.02 Å². The predicted octanol–water partition coefficient (Wildman–Crippen LogP) is 3.27. The Morgan fingerprint density at radius 1 is 1.50 bits per heavy atom. The molecule has 2 nitrogen and oxygen atoms in total. The molecule has 1 rings (SSSR count). The van der Waals surface area contributed by atoms with Crippen LogP contribution >= 0.6 is 23.2 Å². The summed E-state index contributed by atoms with van der Waals surface area (Å²) >= 11 is 11.5. The number of nitrogens with two attached hydrogens (primary N) is 1. The highest BCUT2D eigenvalue weighted by Gasteiger charge is 2.14. The van der Waals surface area contributed by atoms with Gasteiger partial charge in [0.1, 0.15) is 10.8 Å². The van der Waals surface area contributed by atoms with Gasteiger partial charge in [0, 0.05) is 11.6 Å². The van der Waals surface area contributed by atoms with Gasteiger partial charge in [0.2, 0.25) is 0 Å². The van der Waals surface area contributed by atoms with E-state index in [0.29, 0.717) is 17.0 Å². The minimum absolute atomic E-state index is 0.0477. The van der Waals surface area contributed by atoms with Gasteiger partial charge in [-0.15, -0.1) is 6.58 Å². The van der Waals surface area contributed by atoms with Crippen molar-refractivity contribution in [1.82, 2.24) is 0 Å². The molecule has 14 heavy (non-hydrogen) atoms. The van der Waals surface area contributed by atoms with Crippen molar-refractivity contribution >= 4 is 23.2 Å². The van der Waals surface area contributed by atoms with Crippen LogP contribution in [0.1, 0.15) is 18.0 Å². The molecule has 0 aromatic heterocycles. The third kappa shape index (κ3) is 2.21. The number of benzene rings is 1. The lowest BCUT2D eigenvalue weighted by molar-refractivity contribution is 0.462. The number of halogens is 2. The molecular weight excluding hydrogens is 221 g/mol. The van der Waals surface area contributed by atoms with Crippen LogP contribution in [0.2, 0.25) is 10.0 Å². The van der Waals surface area contributed by atoms with Gasteiger partial charge in [0.25, 0.3) is 0 Å². The molecule has 0 saturated heterocycles. The molecule has 0 aliphatic carbocycles. The second kappa shape index (κ2) is 4.69. The molecule has 0 aliphatic rings. The van der Waals surface area contributed by atoms with Crippen LogP contribution < -0.4 is 5.73 Å². The lowest BCUT2D eigenvalue weighted by Crippen LogP contribution is -2.09. The normalized spacial score (nSPS) is 12.5. The number of hydrogen-bond donors (Lipinski definition) is 2. The SMILES string of the molecule is C=CC[C@H](N)c1ccc(Cl)c(Cl)c1O. The standard InChI is InChI=1S/C10H11Cl2NO/c1-2-3-8(13)6-4-5-7(11)9(12)10(6)14/h2,4-5,8,14H,1,3,13H2/t8-/m0/s1. The number of phenolic OH excluding ortho intramolecular Hbond substituents is 1. The molecule has 1 aromatic carbocycles. The molecule has 0 spiro atoms. The van der Waals surface area contributed by atoms with Crippen molar-refractivity contribution in [2.75, 3.05) is 0 Å². The van der Waals surface area contributed by atoms with Gasteiger partial charge in [-0.25, -0.2) is 0 Å². The average Bonchev–Trinajstić information content (AvgIpc) is 2.15. The van der Waals surface area contributed by atoms with Gasteiger partial charge in [0.15, 0.2) is 0 Å². The first-order chi connectivity index (χ1) is 6.57. The fourth-order valence-corrected chi connectivity index (χ4v) is 1.49. The van der Waals surface area contributed by atoms with Crippen LogP contribution in [0, 0.1) is 0 Å². The van der Waals surface area contributed by atoms with Crippen molar-refractivity contribution in [3.63, 3.8) is 0 Å². The summed E-state index contributed by atoms with van der Waals surface area (Å²) in [6, 6.07) is 2.97. The van der Waals surface area contributed by atoms with E-state index in [1.54, 1.807) is 18.2 Å². The Balaban J connectivity index is 3.10. The summed E-state index contributed by atoms with van der Waals surface area (Å²) in [4.78, 5) is 0. The Kier molecular flexibility index (Phi) is 3.81. The monoisotopic (exact) mass is 231 g/mol. The maximum Gasteiger partial charge on any atom is 0.140 e. The van der Waals surface area contributed by atoms with E-state index in [1.165, 1.54) is 0 Å². The van der Waals surface area contributed by atoms with Crippen LogP contribution in [0.25, 0.3) is 0 Å². The minimum atomic E-state index is -0.303. The fourth-order valence-electron chi connectivity index (χ4n) is 1.16. The van der Waals surface area contributed by atoms with Crippen LogP contribution in [-0.4, -0.2) is 5.11 Å². The van der Waals surface area contributed by atoms with Gasteiger partial charge in [-0.1, -0.05) is 35.3 Å². The van der Waals surface area contributed by atoms with Crippen molar-refractivity contribution in [2.24, 2.45) is 5.73 Å². The summed E-state index contributed by atoms with van der Waals surface area (Å²) in [6.07, 6.45) is 2.26. The second-order valence-corrected chi connectivity index (χ2v) is 3.72. The van der Waals surface area contributed by atoms with Crippen LogP contribution in [0.3, 0.4) is 0 Å². The zero-order valence-corrected chi connectivity index (χ0v) is 9.02. The van der Waals surface area contributed by atoms with Crippen LogP contribution in [0.5, 0.6) is 5.75 Å². The van der Waals surface area contributed by atoms with Gasteiger partial charge < -0.3 is 10.8 Å². The Bertz CT molecular complexity index is 352. The molecule has 1 aromatic rings. The Morgan fingerprint density at radius 2 is 2.14 bits per heavy atom. The first-order valence-corrected chi connectivity index (χ1v) is 4.86. The summed E-state index contributed by atoms with van der Waals surface area (Å²) < 4.78 is 0. The molecule has 0 amide bonds. The summed E-state index contributed by atoms with van der Waals surface area (Å²) in [5.41, 5.74) is 6.38. The van der Waals surface area contributed by atoms with E-state index in [9.17, 15) is 5.11 Å². The maximum absolute atomic E-state index is 9.64. The zero-order chi connectivity index (χ0) is 10.7. The fraction of sp³-hybridized carbons (Fsp3) is 0.200. The Hall–Kier alpha value is -0.700. The lowest BCUT2D eigenvalue weighted by atomic mass is 10.0. The molecule has 0 fully saturated rings. The second-order valence-electron chi connectivity index (χ2n) is 2.93. The molecule has 1 atom stereocenters. The van der Waals surface area contributed by atoms with Crippen LogP contribution in [-0.2, 0) is 0 Å². The molecular formula is C10H11Cl2NO. The number of phenols is 1.